The van der Waals surface area contributed by atoms with Gasteiger partial charge in [0, 0.05) is 10.4 Å². The topological polar surface area (TPSA) is 42.0 Å². The minimum absolute atomic E-state index is 0.313. The first kappa shape index (κ1) is 12.4. The van der Waals surface area contributed by atoms with Crippen molar-refractivity contribution in [3.05, 3.63) is 44.9 Å². The zero-order valence-electron chi connectivity index (χ0n) is 8.83. The van der Waals surface area contributed by atoms with Crippen LogP contribution in [0.2, 0.25) is 10.0 Å². The Hall–Kier alpha value is -1.10. The maximum absolute atomic E-state index is 11.9. The van der Waals surface area contributed by atoms with E-state index in [1.54, 1.807) is 12.1 Å². The van der Waals surface area contributed by atoms with Crippen molar-refractivity contribution >= 4 is 45.6 Å². The standard InChI is InChI=1S/C11H8Cl2N2OS/c1-6-5-17-11(14-6)15-10(16)8-4-7(12)2-3-9(8)13/h2-5H,1H3,(H,14,15,16). The first-order chi connectivity index (χ1) is 8.06. The Labute approximate surface area is 112 Å². The second-order valence-electron chi connectivity index (χ2n) is 3.37. The molecule has 17 heavy (non-hydrogen) atoms. The molecule has 2 rings (SSSR count). The molecular formula is C11H8Cl2N2OS. The Morgan fingerprint density at radius 3 is 2.82 bits per heavy atom. The van der Waals surface area contributed by atoms with Crippen molar-refractivity contribution < 1.29 is 4.79 Å². The van der Waals surface area contributed by atoms with Gasteiger partial charge in [-0.15, -0.1) is 11.3 Å². The fraction of sp³-hybridized carbons (Fsp3) is 0.0909. The van der Waals surface area contributed by atoms with Gasteiger partial charge in [-0.3, -0.25) is 10.1 Å². The van der Waals surface area contributed by atoms with Crippen molar-refractivity contribution in [3.63, 3.8) is 0 Å². The van der Waals surface area contributed by atoms with Gasteiger partial charge in [-0.1, -0.05) is 23.2 Å². The van der Waals surface area contributed by atoms with E-state index in [1.165, 1.54) is 17.4 Å². The zero-order chi connectivity index (χ0) is 12.4. The van der Waals surface area contributed by atoms with Gasteiger partial charge in [0.2, 0.25) is 0 Å². The lowest BCUT2D eigenvalue weighted by Crippen LogP contribution is -2.12. The van der Waals surface area contributed by atoms with Gasteiger partial charge in [-0.2, -0.15) is 0 Å². The van der Waals surface area contributed by atoms with Gasteiger partial charge >= 0.3 is 0 Å². The number of nitrogens with zero attached hydrogens (tertiary/aromatic N) is 1. The van der Waals surface area contributed by atoms with E-state index in [-0.39, 0.29) is 5.91 Å². The number of halogens is 2. The molecule has 1 aromatic carbocycles. The van der Waals surface area contributed by atoms with E-state index < -0.39 is 0 Å². The van der Waals surface area contributed by atoms with Gasteiger partial charge in [-0.25, -0.2) is 4.98 Å². The van der Waals surface area contributed by atoms with Gasteiger partial charge in [0.1, 0.15) is 0 Å². The number of carbonyl (C=O) groups excluding carboxylic acids is 1. The van der Waals surface area contributed by atoms with Crippen LogP contribution in [0.15, 0.2) is 23.6 Å². The lowest BCUT2D eigenvalue weighted by atomic mass is 10.2. The molecular weight excluding hydrogens is 279 g/mol. The van der Waals surface area contributed by atoms with E-state index in [0.717, 1.165) is 5.69 Å². The highest BCUT2D eigenvalue weighted by molar-refractivity contribution is 7.13. The van der Waals surface area contributed by atoms with Crippen LogP contribution in [0.3, 0.4) is 0 Å². The van der Waals surface area contributed by atoms with Crippen LogP contribution in [0.4, 0.5) is 5.13 Å². The van der Waals surface area contributed by atoms with Crippen molar-refractivity contribution in [3.8, 4) is 0 Å². The normalized spacial score (nSPS) is 10.3. The van der Waals surface area contributed by atoms with Crippen LogP contribution in [0.25, 0.3) is 0 Å². The molecule has 0 fully saturated rings. The predicted molar refractivity (Wildman–Crippen MR) is 71.3 cm³/mol. The number of hydrogen-bond donors (Lipinski definition) is 1. The molecule has 0 saturated heterocycles. The number of aryl methyl sites for hydroxylation is 1. The van der Waals surface area contributed by atoms with Crippen molar-refractivity contribution in [1.82, 2.24) is 4.98 Å². The molecule has 0 unspecified atom stereocenters. The van der Waals surface area contributed by atoms with Crippen LogP contribution in [0.1, 0.15) is 16.1 Å². The largest absolute Gasteiger partial charge is 0.298 e. The first-order valence-corrected chi connectivity index (χ1v) is 6.38. The quantitative estimate of drug-likeness (QED) is 0.906. The van der Waals surface area contributed by atoms with Crippen molar-refractivity contribution in [2.75, 3.05) is 5.32 Å². The molecule has 0 atom stereocenters. The Bertz CT molecular complexity index is 568. The number of carbonyl (C=O) groups is 1. The average molecular weight is 287 g/mol. The third kappa shape index (κ3) is 2.97. The maximum Gasteiger partial charge on any atom is 0.259 e. The molecule has 0 spiro atoms. The van der Waals surface area contributed by atoms with E-state index in [1.807, 2.05) is 12.3 Å². The van der Waals surface area contributed by atoms with E-state index >= 15 is 0 Å². The predicted octanol–water partition coefficient (Wildman–Crippen LogP) is 4.01. The molecule has 1 aromatic heterocycles. The Morgan fingerprint density at radius 1 is 1.41 bits per heavy atom. The van der Waals surface area contributed by atoms with E-state index in [9.17, 15) is 4.79 Å². The summed E-state index contributed by atoms with van der Waals surface area (Å²) in [6, 6.07) is 4.75. The number of amides is 1. The van der Waals surface area contributed by atoms with Crippen LogP contribution >= 0.6 is 34.5 Å². The highest BCUT2D eigenvalue weighted by atomic mass is 35.5. The van der Waals surface area contributed by atoms with Crippen molar-refractivity contribution in [1.29, 1.82) is 0 Å². The van der Waals surface area contributed by atoms with Crippen molar-refractivity contribution in [2.24, 2.45) is 0 Å². The van der Waals surface area contributed by atoms with Crippen LogP contribution in [0.5, 0.6) is 0 Å². The summed E-state index contributed by atoms with van der Waals surface area (Å²) in [5.74, 6) is -0.313. The number of anilines is 1. The number of thiazole rings is 1. The van der Waals surface area contributed by atoms with Gasteiger partial charge in [0.05, 0.1) is 16.3 Å². The van der Waals surface area contributed by atoms with Crippen molar-refractivity contribution in [2.45, 2.75) is 6.92 Å². The lowest BCUT2D eigenvalue weighted by molar-refractivity contribution is 0.102. The molecule has 1 amide bonds. The number of hydrogen-bond acceptors (Lipinski definition) is 3. The number of benzene rings is 1. The summed E-state index contributed by atoms with van der Waals surface area (Å²) in [6.07, 6.45) is 0. The Kier molecular flexibility index (Phi) is 3.66. The summed E-state index contributed by atoms with van der Waals surface area (Å²) in [6.45, 7) is 1.86. The molecule has 88 valence electrons. The molecule has 3 nitrogen and oxygen atoms in total. The van der Waals surface area contributed by atoms with E-state index in [4.69, 9.17) is 23.2 Å². The average Bonchev–Trinajstić information content (AvgIpc) is 2.67. The molecule has 0 aliphatic carbocycles. The molecule has 6 heteroatoms. The summed E-state index contributed by atoms with van der Waals surface area (Å²) in [7, 11) is 0. The SMILES string of the molecule is Cc1csc(NC(=O)c2cc(Cl)ccc2Cl)n1. The summed E-state index contributed by atoms with van der Waals surface area (Å²) < 4.78 is 0. The molecule has 1 heterocycles. The van der Waals surface area contributed by atoms with E-state index in [0.29, 0.717) is 20.7 Å². The second-order valence-corrected chi connectivity index (χ2v) is 5.07. The molecule has 0 aliphatic rings. The molecule has 0 saturated carbocycles. The molecule has 0 bridgehead atoms. The zero-order valence-corrected chi connectivity index (χ0v) is 11.2. The molecule has 0 aliphatic heterocycles. The van der Waals surface area contributed by atoms with Gasteiger partial charge in [0.15, 0.2) is 5.13 Å². The third-order valence-corrected chi connectivity index (χ3v) is 3.45. The van der Waals surface area contributed by atoms with E-state index in [2.05, 4.69) is 10.3 Å². The number of aromatic nitrogens is 1. The highest BCUT2D eigenvalue weighted by Gasteiger charge is 2.12. The fourth-order valence-electron chi connectivity index (χ4n) is 1.25. The molecule has 1 N–H and O–H groups in total. The summed E-state index contributed by atoms with van der Waals surface area (Å²) in [4.78, 5) is 16.0. The lowest BCUT2D eigenvalue weighted by Gasteiger charge is -2.04. The first-order valence-electron chi connectivity index (χ1n) is 4.75. The van der Waals surface area contributed by atoms with Crippen LogP contribution in [-0.4, -0.2) is 10.9 Å². The monoisotopic (exact) mass is 286 g/mol. The number of nitrogens with one attached hydrogen (secondary N) is 1. The summed E-state index contributed by atoms with van der Waals surface area (Å²) in [5.41, 5.74) is 1.20. The van der Waals surface area contributed by atoms with Gasteiger partial charge in [-0.05, 0) is 25.1 Å². The molecule has 2 aromatic rings. The molecule has 0 radical (unpaired) electrons. The fourth-order valence-corrected chi connectivity index (χ4v) is 2.31. The van der Waals surface area contributed by atoms with Crippen LogP contribution in [0, 0.1) is 6.92 Å². The smallest absolute Gasteiger partial charge is 0.259 e. The maximum atomic E-state index is 11.9. The highest BCUT2D eigenvalue weighted by Crippen LogP contribution is 2.22. The minimum Gasteiger partial charge on any atom is -0.298 e. The van der Waals surface area contributed by atoms with Gasteiger partial charge in [0.25, 0.3) is 5.91 Å². The summed E-state index contributed by atoms with van der Waals surface area (Å²) >= 11 is 13.1. The Morgan fingerprint density at radius 2 is 2.18 bits per heavy atom. The minimum atomic E-state index is -0.313. The van der Waals surface area contributed by atoms with Crippen LogP contribution < -0.4 is 5.32 Å². The second kappa shape index (κ2) is 5.04. The van der Waals surface area contributed by atoms with Crippen LogP contribution in [-0.2, 0) is 0 Å². The third-order valence-electron chi connectivity index (χ3n) is 2.01. The van der Waals surface area contributed by atoms with Gasteiger partial charge < -0.3 is 0 Å². The summed E-state index contributed by atoms with van der Waals surface area (Å²) in [5, 5.41) is 5.90. The number of rotatable bonds is 2. The Balaban J connectivity index is 2.22.